The lowest BCUT2D eigenvalue weighted by Gasteiger charge is -2.14. The van der Waals surface area contributed by atoms with Crippen molar-refractivity contribution < 1.29 is 9.53 Å². The molecule has 2 aromatic heterocycles. The Morgan fingerprint density at radius 1 is 1.35 bits per heavy atom. The number of ether oxygens (including phenoxy) is 1. The molecule has 7 nitrogen and oxygen atoms in total. The Labute approximate surface area is 131 Å². The number of amides is 1. The third-order valence-electron chi connectivity index (χ3n) is 3.27. The fraction of sp³-hybridized carbons (Fsp3) is 0.0625. The molecular formula is C16H13N5O2. The van der Waals surface area contributed by atoms with Crippen LogP contribution in [0.2, 0.25) is 0 Å². The van der Waals surface area contributed by atoms with Gasteiger partial charge in [0.25, 0.3) is 5.91 Å². The number of aromatic nitrogens is 2. The van der Waals surface area contributed by atoms with E-state index in [1.165, 1.54) is 6.20 Å². The molecule has 2 heterocycles. The van der Waals surface area contributed by atoms with E-state index in [-0.39, 0.29) is 12.2 Å². The van der Waals surface area contributed by atoms with Crippen molar-refractivity contribution in [3.8, 4) is 11.8 Å². The average molecular weight is 307 g/mol. The molecule has 3 N–H and O–H groups in total. The molecule has 3 aromatic rings. The highest BCUT2D eigenvalue weighted by atomic mass is 16.5. The number of primary amides is 1. The highest BCUT2D eigenvalue weighted by molar-refractivity contribution is 6.03. The van der Waals surface area contributed by atoms with Crippen molar-refractivity contribution in [3.63, 3.8) is 0 Å². The largest absolute Gasteiger partial charge is 0.477 e. The minimum atomic E-state index is -0.584. The molecule has 0 fully saturated rings. The maximum absolute atomic E-state index is 11.7. The van der Waals surface area contributed by atoms with Crippen molar-refractivity contribution in [2.75, 3.05) is 11.9 Å². The van der Waals surface area contributed by atoms with Gasteiger partial charge in [0.15, 0.2) is 6.61 Å². The molecule has 1 amide bonds. The van der Waals surface area contributed by atoms with Crippen molar-refractivity contribution in [2.24, 2.45) is 5.73 Å². The lowest BCUT2D eigenvalue weighted by Crippen LogP contribution is -2.15. The summed E-state index contributed by atoms with van der Waals surface area (Å²) < 4.78 is 7.02. The molecule has 0 aliphatic rings. The van der Waals surface area contributed by atoms with Gasteiger partial charge in [-0.1, -0.05) is 12.1 Å². The van der Waals surface area contributed by atoms with E-state index in [0.717, 1.165) is 0 Å². The molecule has 23 heavy (non-hydrogen) atoms. The Balaban J connectivity index is 2.08. The number of carbonyl (C=O) groups is 1. The molecule has 7 heteroatoms. The summed E-state index contributed by atoms with van der Waals surface area (Å²) in [6.45, 7) is -0.0712. The Kier molecular flexibility index (Phi) is 3.80. The van der Waals surface area contributed by atoms with E-state index in [1.54, 1.807) is 28.9 Å². The fourth-order valence-corrected chi connectivity index (χ4v) is 2.25. The van der Waals surface area contributed by atoms with Gasteiger partial charge in [-0.05, 0) is 24.3 Å². The number of carbonyl (C=O) groups excluding carboxylic acids is 1. The second-order valence-corrected chi connectivity index (χ2v) is 4.70. The first-order valence-corrected chi connectivity index (χ1v) is 6.82. The van der Waals surface area contributed by atoms with Crippen molar-refractivity contribution in [1.82, 2.24) is 9.61 Å². The summed E-state index contributed by atoms with van der Waals surface area (Å²) in [5.74, 6) is -0.0786. The highest BCUT2D eigenvalue weighted by Crippen LogP contribution is 2.31. The Morgan fingerprint density at radius 2 is 2.17 bits per heavy atom. The minimum Gasteiger partial charge on any atom is -0.477 e. The molecule has 0 spiro atoms. The molecule has 0 unspecified atom stereocenters. The van der Waals surface area contributed by atoms with Crippen molar-refractivity contribution >= 4 is 22.8 Å². The average Bonchev–Trinajstić information content (AvgIpc) is 3.03. The predicted octanol–water partition coefficient (Wildman–Crippen LogP) is 2.08. The van der Waals surface area contributed by atoms with Gasteiger partial charge in [-0.15, -0.1) is 0 Å². The molecular weight excluding hydrogens is 294 g/mol. The number of para-hydroxylation sites is 2. The lowest BCUT2D eigenvalue weighted by molar-refractivity contribution is 0.100. The van der Waals surface area contributed by atoms with Gasteiger partial charge in [-0.25, -0.2) is 4.52 Å². The second kappa shape index (κ2) is 6.07. The summed E-state index contributed by atoms with van der Waals surface area (Å²) in [5, 5.41) is 16.0. The molecule has 3 rings (SSSR count). The lowest BCUT2D eigenvalue weighted by atomic mass is 10.2. The van der Waals surface area contributed by atoms with Gasteiger partial charge >= 0.3 is 0 Å². The summed E-state index contributed by atoms with van der Waals surface area (Å²) in [6.07, 6.45) is 3.18. The van der Waals surface area contributed by atoms with Gasteiger partial charge in [-0.2, -0.15) is 10.4 Å². The summed E-state index contributed by atoms with van der Waals surface area (Å²) in [6, 6.07) is 12.7. The van der Waals surface area contributed by atoms with E-state index in [9.17, 15) is 4.79 Å². The first-order valence-electron chi connectivity index (χ1n) is 6.82. The highest BCUT2D eigenvalue weighted by Gasteiger charge is 2.15. The molecule has 0 saturated carbocycles. The third-order valence-corrected chi connectivity index (χ3v) is 3.27. The smallest absolute Gasteiger partial charge is 0.252 e. The van der Waals surface area contributed by atoms with E-state index in [2.05, 4.69) is 10.4 Å². The van der Waals surface area contributed by atoms with Crippen LogP contribution < -0.4 is 15.8 Å². The molecule has 1 aromatic carbocycles. The van der Waals surface area contributed by atoms with Crippen LogP contribution in [0, 0.1) is 11.3 Å². The zero-order chi connectivity index (χ0) is 16.2. The quantitative estimate of drug-likeness (QED) is 0.750. The number of fused-ring (bicyclic) bond motifs is 1. The van der Waals surface area contributed by atoms with Crippen LogP contribution in [0.3, 0.4) is 0 Å². The topological polar surface area (TPSA) is 105 Å². The van der Waals surface area contributed by atoms with E-state index in [1.807, 2.05) is 24.3 Å². The minimum absolute atomic E-state index is 0.0712. The monoisotopic (exact) mass is 307 g/mol. The van der Waals surface area contributed by atoms with E-state index in [4.69, 9.17) is 15.7 Å². The van der Waals surface area contributed by atoms with Crippen LogP contribution >= 0.6 is 0 Å². The number of hydrogen-bond donors (Lipinski definition) is 2. The van der Waals surface area contributed by atoms with Crippen LogP contribution in [0.15, 0.2) is 48.8 Å². The number of nitrogens with zero attached hydrogens (tertiary/aromatic N) is 3. The number of nitriles is 1. The molecule has 0 radical (unpaired) electrons. The van der Waals surface area contributed by atoms with Crippen molar-refractivity contribution in [1.29, 1.82) is 5.26 Å². The Hall–Kier alpha value is -3.53. The normalized spacial score (nSPS) is 10.2. The van der Waals surface area contributed by atoms with Gasteiger partial charge in [-0.3, -0.25) is 4.79 Å². The van der Waals surface area contributed by atoms with Crippen molar-refractivity contribution in [2.45, 2.75) is 0 Å². The molecule has 114 valence electrons. The molecule has 0 atom stereocenters. The van der Waals surface area contributed by atoms with E-state index < -0.39 is 5.91 Å². The number of rotatable bonds is 5. The fourth-order valence-electron chi connectivity index (χ4n) is 2.25. The summed E-state index contributed by atoms with van der Waals surface area (Å²) in [5.41, 5.74) is 7.58. The number of anilines is 2. The number of benzene rings is 1. The number of nitrogens with two attached hydrogens (primary N) is 1. The summed E-state index contributed by atoms with van der Waals surface area (Å²) in [4.78, 5) is 11.7. The maximum atomic E-state index is 11.7. The van der Waals surface area contributed by atoms with Gasteiger partial charge in [0.05, 0.1) is 28.7 Å². The second-order valence-electron chi connectivity index (χ2n) is 4.70. The Bertz CT molecular complexity index is 910. The van der Waals surface area contributed by atoms with Crippen LogP contribution in [0.4, 0.5) is 11.4 Å². The first kappa shape index (κ1) is 14.4. The SMILES string of the molecule is N#CCOc1ccccc1Nc1c(C(N)=O)cnn2cccc12. The standard InChI is InChI=1S/C16H13N5O2/c17-7-9-23-14-6-2-1-4-12(14)20-15-11(16(18)22)10-19-21-8-3-5-13(15)21/h1-6,8,10,20H,9H2,(H2,18,22). The van der Waals surface area contributed by atoms with Gasteiger partial charge in [0, 0.05) is 6.20 Å². The van der Waals surface area contributed by atoms with Crippen molar-refractivity contribution in [3.05, 3.63) is 54.4 Å². The zero-order valence-electron chi connectivity index (χ0n) is 12.1. The molecule has 0 aliphatic heterocycles. The van der Waals surface area contributed by atoms with Crippen LogP contribution in [0.5, 0.6) is 5.75 Å². The number of hydrogen-bond acceptors (Lipinski definition) is 5. The maximum Gasteiger partial charge on any atom is 0.252 e. The molecule has 0 bridgehead atoms. The number of nitrogens with one attached hydrogen (secondary N) is 1. The van der Waals surface area contributed by atoms with E-state index >= 15 is 0 Å². The Morgan fingerprint density at radius 3 is 2.96 bits per heavy atom. The molecule has 0 aliphatic carbocycles. The van der Waals surface area contributed by atoms with Gasteiger partial charge < -0.3 is 15.8 Å². The van der Waals surface area contributed by atoms with Gasteiger partial charge in [0.1, 0.15) is 11.8 Å². The summed E-state index contributed by atoms with van der Waals surface area (Å²) >= 11 is 0. The molecule has 0 saturated heterocycles. The van der Waals surface area contributed by atoms with E-state index in [0.29, 0.717) is 22.6 Å². The van der Waals surface area contributed by atoms with Crippen LogP contribution in [-0.4, -0.2) is 22.1 Å². The van der Waals surface area contributed by atoms with Gasteiger partial charge in [0.2, 0.25) is 0 Å². The van der Waals surface area contributed by atoms with Crippen LogP contribution in [0.25, 0.3) is 5.52 Å². The zero-order valence-corrected chi connectivity index (χ0v) is 12.1. The van der Waals surface area contributed by atoms with Crippen LogP contribution in [0.1, 0.15) is 10.4 Å². The van der Waals surface area contributed by atoms with Crippen LogP contribution in [-0.2, 0) is 0 Å². The predicted molar refractivity (Wildman–Crippen MR) is 84.5 cm³/mol. The summed E-state index contributed by atoms with van der Waals surface area (Å²) in [7, 11) is 0. The third kappa shape index (κ3) is 2.78. The first-order chi connectivity index (χ1) is 11.2.